The molecule has 290 valence electrons. The van der Waals surface area contributed by atoms with Crippen molar-refractivity contribution in [3.8, 4) is 0 Å². The minimum Gasteiger partial charge on any atom is -0.387 e. The van der Waals surface area contributed by atoms with Gasteiger partial charge in [0.2, 0.25) is 5.91 Å². The number of hydrogen-bond acceptors (Lipinski definition) is 5. The first-order valence-corrected chi connectivity index (χ1v) is 21.2. The number of nitrogens with one attached hydrogen (secondary N) is 1. The smallest absolute Gasteiger partial charge is 0.387 e. The third-order valence-electron chi connectivity index (χ3n) is 8.19. The van der Waals surface area contributed by atoms with E-state index < -0.39 is 20.0 Å². The third kappa shape index (κ3) is 34.6. The standard InChI is InChI=1S/C41H75N2O6P/c1-6-8-10-12-14-16-18-20-21-22-23-25-27-29-31-33-35-41(45)42-39(38-49-50(46,47)48-37-36-43(3,4)5)40(44)34-32-30-28-26-24-19-17-15-13-11-9-7-2/h13,15-16,18,21-22,24,26,32,34,39-40,44H,6-12,14,17,19-20,23,25,27-31,33,35-38H2,1-5H3,(H-,42,45,46,47)/p+1/b15-13+,18-16-,22-21-,26-24+,34-32+. The summed E-state index contributed by atoms with van der Waals surface area (Å²) in [5.74, 6) is -0.210. The number of phosphoric acid groups is 1. The maximum atomic E-state index is 12.8. The zero-order chi connectivity index (χ0) is 37.2. The first-order chi connectivity index (χ1) is 24.0. The van der Waals surface area contributed by atoms with E-state index in [9.17, 15) is 19.4 Å². The van der Waals surface area contributed by atoms with Crippen LogP contribution in [0.15, 0.2) is 60.8 Å². The van der Waals surface area contributed by atoms with Gasteiger partial charge in [-0.15, -0.1) is 0 Å². The lowest BCUT2D eigenvalue weighted by Crippen LogP contribution is -2.45. The molecule has 1 amide bonds. The fraction of sp³-hybridized carbons (Fsp3) is 0.732. The number of hydrogen-bond donors (Lipinski definition) is 3. The van der Waals surface area contributed by atoms with Gasteiger partial charge < -0.3 is 19.8 Å². The SMILES string of the molecule is CCCC/C=C/CC/C=C/CC/C=C/C(O)C(COP(=O)(O)OCC[N+](C)(C)C)NC(=O)CCCCCCC/C=C\C/C=C\CCCCCC. The summed E-state index contributed by atoms with van der Waals surface area (Å²) in [6, 6.07) is -0.876. The van der Waals surface area contributed by atoms with E-state index in [4.69, 9.17) is 9.05 Å². The molecule has 0 aliphatic heterocycles. The molecule has 0 fully saturated rings. The second-order valence-corrected chi connectivity index (χ2v) is 15.7. The number of aliphatic hydroxyl groups excluding tert-OH is 1. The number of unbranched alkanes of at least 4 members (excludes halogenated alkanes) is 13. The van der Waals surface area contributed by atoms with E-state index >= 15 is 0 Å². The number of likely N-dealkylation sites (N-methyl/N-ethyl adjacent to an activating group) is 1. The molecule has 0 spiro atoms. The van der Waals surface area contributed by atoms with Crippen molar-refractivity contribution in [3.63, 3.8) is 0 Å². The van der Waals surface area contributed by atoms with Gasteiger partial charge in [0.05, 0.1) is 39.9 Å². The van der Waals surface area contributed by atoms with Gasteiger partial charge in [0, 0.05) is 6.42 Å². The average Bonchev–Trinajstić information content (AvgIpc) is 3.06. The average molecular weight is 724 g/mol. The van der Waals surface area contributed by atoms with Crippen molar-refractivity contribution < 1.29 is 32.9 Å². The first kappa shape index (κ1) is 48.2. The van der Waals surface area contributed by atoms with Gasteiger partial charge in [-0.2, -0.15) is 0 Å². The molecule has 0 heterocycles. The molecule has 0 aliphatic rings. The summed E-state index contributed by atoms with van der Waals surface area (Å²) in [5.41, 5.74) is 0. The highest BCUT2D eigenvalue weighted by Crippen LogP contribution is 2.43. The number of carbonyl (C=O) groups is 1. The van der Waals surface area contributed by atoms with Crippen LogP contribution in [0.1, 0.15) is 142 Å². The fourth-order valence-electron chi connectivity index (χ4n) is 4.97. The normalized spacial score (nSPS) is 15.3. The molecular weight excluding hydrogens is 647 g/mol. The van der Waals surface area contributed by atoms with Crippen molar-refractivity contribution in [1.82, 2.24) is 5.32 Å². The van der Waals surface area contributed by atoms with E-state index in [0.717, 1.165) is 77.0 Å². The predicted octanol–water partition coefficient (Wildman–Crippen LogP) is 10.3. The highest BCUT2D eigenvalue weighted by atomic mass is 31.2. The molecule has 0 aromatic heterocycles. The van der Waals surface area contributed by atoms with Gasteiger partial charge in [-0.25, -0.2) is 4.57 Å². The van der Waals surface area contributed by atoms with E-state index in [0.29, 0.717) is 17.4 Å². The van der Waals surface area contributed by atoms with E-state index in [1.165, 1.54) is 44.9 Å². The molecular formula is C41H76N2O6P+. The van der Waals surface area contributed by atoms with Crippen LogP contribution in [0.2, 0.25) is 0 Å². The Hall–Kier alpha value is -1.80. The highest BCUT2D eigenvalue weighted by Gasteiger charge is 2.27. The Morgan fingerprint density at radius 3 is 1.78 bits per heavy atom. The van der Waals surface area contributed by atoms with Gasteiger partial charge in [-0.3, -0.25) is 13.8 Å². The van der Waals surface area contributed by atoms with Crippen LogP contribution in [-0.2, 0) is 18.4 Å². The van der Waals surface area contributed by atoms with Gasteiger partial charge in [0.15, 0.2) is 0 Å². The number of quaternary nitrogens is 1. The second-order valence-electron chi connectivity index (χ2n) is 14.3. The molecule has 0 bridgehead atoms. The molecule has 0 saturated carbocycles. The minimum atomic E-state index is -4.35. The molecule has 9 heteroatoms. The highest BCUT2D eigenvalue weighted by molar-refractivity contribution is 7.47. The molecule has 0 aromatic rings. The topological polar surface area (TPSA) is 105 Å². The summed E-state index contributed by atoms with van der Waals surface area (Å²) in [4.78, 5) is 23.0. The molecule has 50 heavy (non-hydrogen) atoms. The Balaban J connectivity index is 4.60. The van der Waals surface area contributed by atoms with Crippen LogP contribution in [-0.4, -0.2) is 73.4 Å². The maximum Gasteiger partial charge on any atom is 0.472 e. The van der Waals surface area contributed by atoms with Gasteiger partial charge in [0.25, 0.3) is 0 Å². The Labute approximate surface area is 307 Å². The molecule has 3 unspecified atom stereocenters. The maximum absolute atomic E-state index is 12.8. The number of amides is 1. The summed E-state index contributed by atoms with van der Waals surface area (Å²) in [6.07, 6.45) is 41.4. The molecule has 0 saturated heterocycles. The summed E-state index contributed by atoms with van der Waals surface area (Å²) in [5, 5.41) is 13.7. The zero-order valence-corrected chi connectivity index (χ0v) is 33.5. The minimum absolute atomic E-state index is 0.0479. The van der Waals surface area contributed by atoms with Crippen molar-refractivity contribution in [2.24, 2.45) is 0 Å². The molecule has 0 aliphatic carbocycles. The molecule has 3 N–H and O–H groups in total. The Morgan fingerprint density at radius 2 is 1.18 bits per heavy atom. The van der Waals surface area contributed by atoms with Crippen LogP contribution in [0.5, 0.6) is 0 Å². The van der Waals surface area contributed by atoms with Crippen LogP contribution in [0.4, 0.5) is 0 Å². The molecule has 8 nitrogen and oxygen atoms in total. The monoisotopic (exact) mass is 724 g/mol. The number of phosphoric ester groups is 1. The van der Waals surface area contributed by atoms with Crippen LogP contribution in [0, 0.1) is 0 Å². The first-order valence-electron chi connectivity index (χ1n) is 19.7. The number of rotatable bonds is 34. The lowest BCUT2D eigenvalue weighted by molar-refractivity contribution is -0.870. The van der Waals surface area contributed by atoms with Crippen molar-refractivity contribution in [2.45, 2.75) is 154 Å². The van der Waals surface area contributed by atoms with E-state index in [-0.39, 0.29) is 19.1 Å². The van der Waals surface area contributed by atoms with E-state index in [1.807, 2.05) is 27.2 Å². The van der Waals surface area contributed by atoms with Crippen LogP contribution in [0.25, 0.3) is 0 Å². The molecule has 0 aromatic carbocycles. The molecule has 0 radical (unpaired) electrons. The number of allylic oxidation sites excluding steroid dienone is 9. The zero-order valence-electron chi connectivity index (χ0n) is 32.6. The number of aliphatic hydroxyl groups is 1. The summed E-state index contributed by atoms with van der Waals surface area (Å²) in [7, 11) is 1.52. The second kappa shape index (κ2) is 33.1. The third-order valence-corrected chi connectivity index (χ3v) is 9.17. The van der Waals surface area contributed by atoms with Gasteiger partial charge >= 0.3 is 7.82 Å². The van der Waals surface area contributed by atoms with Gasteiger partial charge in [0.1, 0.15) is 13.2 Å². The Bertz CT molecular complexity index is 1000. The summed E-state index contributed by atoms with van der Waals surface area (Å²) < 4.78 is 23.4. The molecule has 0 rings (SSSR count). The van der Waals surface area contributed by atoms with E-state index in [1.54, 1.807) is 6.08 Å². The number of nitrogens with zero attached hydrogens (tertiary/aromatic N) is 1. The van der Waals surface area contributed by atoms with Crippen molar-refractivity contribution >= 4 is 13.7 Å². The Morgan fingerprint density at radius 1 is 0.680 bits per heavy atom. The summed E-state index contributed by atoms with van der Waals surface area (Å²) in [6.45, 7) is 4.67. The quantitative estimate of drug-likeness (QED) is 0.0264. The van der Waals surface area contributed by atoms with Crippen molar-refractivity contribution in [2.75, 3.05) is 40.9 Å². The Kier molecular flexibility index (Phi) is 31.9. The van der Waals surface area contributed by atoms with Crippen LogP contribution >= 0.6 is 7.82 Å². The van der Waals surface area contributed by atoms with E-state index in [2.05, 4.69) is 67.8 Å². The fourth-order valence-corrected chi connectivity index (χ4v) is 5.70. The lowest BCUT2D eigenvalue weighted by Gasteiger charge is -2.25. The molecule has 3 atom stereocenters. The van der Waals surface area contributed by atoms with Crippen LogP contribution < -0.4 is 5.32 Å². The van der Waals surface area contributed by atoms with Crippen molar-refractivity contribution in [3.05, 3.63) is 60.8 Å². The van der Waals surface area contributed by atoms with Gasteiger partial charge in [-0.1, -0.05) is 126 Å². The lowest BCUT2D eigenvalue weighted by atomic mass is 10.1. The predicted molar refractivity (Wildman–Crippen MR) is 212 cm³/mol. The van der Waals surface area contributed by atoms with Crippen molar-refractivity contribution in [1.29, 1.82) is 0 Å². The van der Waals surface area contributed by atoms with Crippen LogP contribution in [0.3, 0.4) is 0 Å². The largest absolute Gasteiger partial charge is 0.472 e. The summed E-state index contributed by atoms with van der Waals surface area (Å²) >= 11 is 0. The number of carbonyl (C=O) groups excluding carboxylic acids is 1. The van der Waals surface area contributed by atoms with Gasteiger partial charge in [-0.05, 0) is 70.6 Å².